The molecule has 3 nitrogen and oxygen atoms in total. The number of ether oxygens (including phenoxy) is 1. The first-order valence-corrected chi connectivity index (χ1v) is 8.04. The molecule has 1 heterocycles. The van der Waals surface area contributed by atoms with Crippen LogP contribution in [-0.2, 0) is 0 Å². The van der Waals surface area contributed by atoms with Gasteiger partial charge in [-0.3, -0.25) is 0 Å². The number of likely N-dealkylation sites (tertiary alicyclic amines) is 1. The molecule has 2 unspecified atom stereocenters. The van der Waals surface area contributed by atoms with Gasteiger partial charge in [-0.1, -0.05) is 30.3 Å². The summed E-state index contributed by atoms with van der Waals surface area (Å²) in [7, 11) is 0. The van der Waals surface area contributed by atoms with Crippen molar-refractivity contribution in [1.82, 2.24) is 4.90 Å². The first kappa shape index (κ1) is 16.0. The number of rotatable bonds is 6. The molecule has 2 aromatic rings. The Balaban J connectivity index is 1.44. The molecule has 0 spiro atoms. The Bertz CT molecular complexity index is 603. The third-order valence-corrected chi connectivity index (χ3v) is 4.27. The molecule has 1 aliphatic heterocycles. The van der Waals surface area contributed by atoms with E-state index in [4.69, 9.17) is 4.74 Å². The van der Waals surface area contributed by atoms with Crippen LogP contribution in [0.25, 0.3) is 0 Å². The molecule has 4 heteroatoms. The average molecular weight is 315 g/mol. The maximum atomic E-state index is 12.8. The largest absolute Gasteiger partial charge is 0.491 e. The molecular formula is C19H22FNO2. The Morgan fingerprint density at radius 1 is 1.13 bits per heavy atom. The minimum absolute atomic E-state index is 0.220. The second-order valence-corrected chi connectivity index (χ2v) is 6.07. The van der Waals surface area contributed by atoms with Gasteiger partial charge in [0.15, 0.2) is 0 Å². The number of aliphatic hydroxyl groups is 1. The fourth-order valence-electron chi connectivity index (χ4n) is 3.07. The fourth-order valence-corrected chi connectivity index (χ4v) is 3.07. The van der Waals surface area contributed by atoms with Crippen LogP contribution in [0, 0.1) is 5.82 Å². The van der Waals surface area contributed by atoms with Crippen LogP contribution in [0.1, 0.15) is 17.9 Å². The van der Waals surface area contributed by atoms with Gasteiger partial charge in [0.2, 0.25) is 0 Å². The van der Waals surface area contributed by atoms with Crippen molar-refractivity contribution in [3.8, 4) is 5.75 Å². The van der Waals surface area contributed by atoms with Gasteiger partial charge in [0, 0.05) is 13.1 Å². The normalized spacial score (nSPS) is 19.7. The molecule has 3 rings (SSSR count). The lowest BCUT2D eigenvalue weighted by atomic mass is 9.99. The molecule has 1 aliphatic rings. The zero-order valence-corrected chi connectivity index (χ0v) is 13.1. The van der Waals surface area contributed by atoms with Gasteiger partial charge in [-0.15, -0.1) is 0 Å². The quantitative estimate of drug-likeness (QED) is 0.889. The zero-order valence-electron chi connectivity index (χ0n) is 13.1. The summed E-state index contributed by atoms with van der Waals surface area (Å²) in [5.74, 6) is 0.831. The standard InChI is InChI=1S/C19H22FNO2/c20-17-6-8-19(9-7-17)23-14-18(22)13-21-11-10-16(12-21)15-4-2-1-3-5-15/h1-9,16,18,22H,10-14H2. The summed E-state index contributed by atoms with van der Waals surface area (Å²) in [5.41, 5.74) is 1.37. The van der Waals surface area contributed by atoms with Gasteiger partial charge < -0.3 is 14.7 Å². The van der Waals surface area contributed by atoms with Crippen LogP contribution in [0.3, 0.4) is 0 Å². The monoisotopic (exact) mass is 315 g/mol. The van der Waals surface area contributed by atoms with E-state index in [1.807, 2.05) is 6.07 Å². The van der Waals surface area contributed by atoms with Gasteiger partial charge in [0.1, 0.15) is 24.3 Å². The van der Waals surface area contributed by atoms with Gasteiger partial charge in [-0.05, 0) is 48.7 Å². The number of halogens is 1. The minimum Gasteiger partial charge on any atom is -0.491 e. The number of benzene rings is 2. The maximum Gasteiger partial charge on any atom is 0.123 e. The van der Waals surface area contributed by atoms with Gasteiger partial charge in [0.25, 0.3) is 0 Å². The Morgan fingerprint density at radius 2 is 1.87 bits per heavy atom. The number of nitrogens with zero attached hydrogens (tertiary/aromatic N) is 1. The van der Waals surface area contributed by atoms with Crippen LogP contribution < -0.4 is 4.74 Å². The molecule has 1 N–H and O–H groups in total. The topological polar surface area (TPSA) is 32.7 Å². The van der Waals surface area contributed by atoms with Crippen molar-refractivity contribution < 1.29 is 14.2 Å². The minimum atomic E-state index is -0.547. The molecule has 0 aliphatic carbocycles. The van der Waals surface area contributed by atoms with E-state index in [9.17, 15) is 9.50 Å². The van der Waals surface area contributed by atoms with E-state index in [0.717, 1.165) is 19.5 Å². The first-order valence-electron chi connectivity index (χ1n) is 8.04. The van der Waals surface area contributed by atoms with Crippen LogP contribution in [0.4, 0.5) is 4.39 Å². The highest BCUT2D eigenvalue weighted by Crippen LogP contribution is 2.26. The Kier molecular flexibility index (Phi) is 5.26. The Labute approximate surface area is 136 Å². The van der Waals surface area contributed by atoms with Gasteiger partial charge >= 0.3 is 0 Å². The molecule has 0 radical (unpaired) electrons. The van der Waals surface area contributed by atoms with Gasteiger partial charge in [0.05, 0.1) is 0 Å². The lowest BCUT2D eigenvalue weighted by molar-refractivity contribution is 0.0754. The van der Waals surface area contributed by atoms with Crippen molar-refractivity contribution >= 4 is 0 Å². The lowest BCUT2D eigenvalue weighted by Gasteiger charge is -2.20. The summed E-state index contributed by atoms with van der Waals surface area (Å²) in [6.45, 7) is 2.79. The maximum absolute atomic E-state index is 12.8. The molecule has 0 saturated carbocycles. The Hall–Kier alpha value is -1.91. The van der Waals surface area contributed by atoms with Crippen molar-refractivity contribution in [1.29, 1.82) is 0 Å². The smallest absolute Gasteiger partial charge is 0.123 e. The molecule has 2 atom stereocenters. The van der Waals surface area contributed by atoms with E-state index in [1.165, 1.54) is 17.7 Å². The van der Waals surface area contributed by atoms with E-state index < -0.39 is 6.10 Å². The fraction of sp³-hybridized carbons (Fsp3) is 0.368. The number of β-amino-alcohol motifs (C(OH)–C–C–N with tert-alkyl or cyclic N) is 1. The first-order chi connectivity index (χ1) is 11.2. The summed E-state index contributed by atoms with van der Waals surface area (Å²) in [6.07, 6.45) is 0.574. The summed E-state index contributed by atoms with van der Waals surface area (Å²) in [6, 6.07) is 16.4. The van der Waals surface area contributed by atoms with Crippen LogP contribution in [0.15, 0.2) is 54.6 Å². The lowest BCUT2D eigenvalue weighted by Crippen LogP contribution is -2.34. The molecule has 1 saturated heterocycles. The summed E-state index contributed by atoms with van der Waals surface area (Å²) < 4.78 is 18.3. The highest BCUT2D eigenvalue weighted by molar-refractivity contribution is 5.22. The van der Waals surface area contributed by atoms with Gasteiger partial charge in [-0.2, -0.15) is 0 Å². The second-order valence-electron chi connectivity index (χ2n) is 6.07. The third-order valence-electron chi connectivity index (χ3n) is 4.27. The van der Waals surface area contributed by atoms with Crippen molar-refractivity contribution in [2.75, 3.05) is 26.2 Å². The average Bonchev–Trinajstić information content (AvgIpc) is 3.04. The van der Waals surface area contributed by atoms with E-state index >= 15 is 0 Å². The zero-order chi connectivity index (χ0) is 16.1. The highest BCUT2D eigenvalue weighted by atomic mass is 19.1. The third kappa shape index (κ3) is 4.53. The van der Waals surface area contributed by atoms with Crippen molar-refractivity contribution in [3.05, 3.63) is 66.0 Å². The van der Waals surface area contributed by atoms with E-state index in [0.29, 0.717) is 18.2 Å². The Morgan fingerprint density at radius 3 is 2.61 bits per heavy atom. The molecule has 122 valence electrons. The SMILES string of the molecule is OC(COc1ccc(F)cc1)CN1CCC(c2ccccc2)C1. The van der Waals surface area contributed by atoms with Gasteiger partial charge in [-0.25, -0.2) is 4.39 Å². The molecular weight excluding hydrogens is 293 g/mol. The summed E-state index contributed by atoms with van der Waals surface area (Å²) in [4.78, 5) is 2.27. The molecule has 0 aromatic heterocycles. The van der Waals surface area contributed by atoms with E-state index in [-0.39, 0.29) is 12.4 Å². The summed E-state index contributed by atoms with van der Waals surface area (Å²) in [5, 5.41) is 10.1. The second kappa shape index (κ2) is 7.57. The van der Waals surface area contributed by atoms with Crippen LogP contribution in [0.2, 0.25) is 0 Å². The van der Waals surface area contributed by atoms with E-state index in [2.05, 4.69) is 29.2 Å². The molecule has 1 fully saturated rings. The van der Waals surface area contributed by atoms with Crippen LogP contribution in [-0.4, -0.2) is 42.4 Å². The highest BCUT2D eigenvalue weighted by Gasteiger charge is 2.25. The molecule has 0 bridgehead atoms. The van der Waals surface area contributed by atoms with Crippen molar-refractivity contribution in [2.24, 2.45) is 0 Å². The number of hydrogen-bond acceptors (Lipinski definition) is 3. The van der Waals surface area contributed by atoms with Crippen LogP contribution in [0.5, 0.6) is 5.75 Å². The number of hydrogen-bond donors (Lipinski definition) is 1. The van der Waals surface area contributed by atoms with Crippen molar-refractivity contribution in [2.45, 2.75) is 18.4 Å². The van der Waals surface area contributed by atoms with E-state index in [1.54, 1.807) is 12.1 Å². The van der Waals surface area contributed by atoms with Crippen molar-refractivity contribution in [3.63, 3.8) is 0 Å². The molecule has 23 heavy (non-hydrogen) atoms. The predicted molar refractivity (Wildman–Crippen MR) is 88.1 cm³/mol. The summed E-state index contributed by atoms with van der Waals surface area (Å²) >= 11 is 0. The predicted octanol–water partition coefficient (Wildman–Crippen LogP) is 3.05. The number of aliphatic hydroxyl groups excluding tert-OH is 1. The van der Waals surface area contributed by atoms with Crippen LogP contribution >= 0.6 is 0 Å². The molecule has 0 amide bonds. The molecule has 2 aromatic carbocycles.